The highest BCUT2D eigenvalue weighted by Crippen LogP contribution is 2.29. The topological polar surface area (TPSA) is 75.7 Å². The fourth-order valence-electron chi connectivity index (χ4n) is 3.00. The van der Waals surface area contributed by atoms with Gasteiger partial charge in [-0.2, -0.15) is 0 Å². The van der Waals surface area contributed by atoms with E-state index in [0.29, 0.717) is 22.1 Å². The molecule has 0 bridgehead atoms. The number of halogens is 1. The summed E-state index contributed by atoms with van der Waals surface area (Å²) in [5.41, 5.74) is 3.58. The van der Waals surface area contributed by atoms with Crippen LogP contribution < -0.4 is 14.4 Å². The van der Waals surface area contributed by atoms with Crippen LogP contribution in [0.25, 0.3) is 0 Å². The van der Waals surface area contributed by atoms with Crippen molar-refractivity contribution in [2.75, 3.05) is 29.5 Å². The highest BCUT2D eigenvalue weighted by Gasteiger charge is 2.24. The Kier molecular flexibility index (Phi) is 6.38. The number of benzene rings is 2. The Labute approximate surface area is 165 Å². The number of amides is 1. The molecule has 0 aliphatic rings. The number of carbonyl (C=O) groups excluding carboxylic acids is 1. The Balaban J connectivity index is 2.30. The van der Waals surface area contributed by atoms with Crippen LogP contribution in [-0.2, 0) is 14.8 Å². The zero-order valence-electron chi connectivity index (χ0n) is 16.0. The zero-order valence-corrected chi connectivity index (χ0v) is 17.5. The summed E-state index contributed by atoms with van der Waals surface area (Å²) < 4.78 is 30.9. The molecule has 0 aromatic heterocycles. The van der Waals surface area contributed by atoms with Gasteiger partial charge in [0.05, 0.1) is 24.1 Å². The van der Waals surface area contributed by atoms with Gasteiger partial charge in [0.25, 0.3) is 0 Å². The number of aryl methyl sites for hydroxylation is 3. The first-order valence-electron chi connectivity index (χ1n) is 8.22. The standard InChI is InChI=1S/C19H23ClN2O4S/c1-12-8-13(2)19(14(3)9-12)22(27(5,24)25)11-18(23)21-15-6-7-17(26-4)16(20)10-15/h6-10H,11H2,1-5H3,(H,21,23). The van der Waals surface area contributed by atoms with Crippen molar-refractivity contribution < 1.29 is 17.9 Å². The number of sulfonamides is 1. The third-order valence-electron chi connectivity index (χ3n) is 4.01. The Morgan fingerprint density at radius 2 is 1.74 bits per heavy atom. The van der Waals surface area contributed by atoms with Crippen LogP contribution in [0, 0.1) is 20.8 Å². The lowest BCUT2D eigenvalue weighted by atomic mass is 10.1. The smallest absolute Gasteiger partial charge is 0.245 e. The van der Waals surface area contributed by atoms with Crippen LogP contribution in [0.4, 0.5) is 11.4 Å². The summed E-state index contributed by atoms with van der Waals surface area (Å²) in [6.07, 6.45) is 1.09. The van der Waals surface area contributed by atoms with Crippen molar-refractivity contribution in [1.82, 2.24) is 0 Å². The average Bonchev–Trinajstić information content (AvgIpc) is 2.52. The quantitative estimate of drug-likeness (QED) is 0.788. The molecule has 0 radical (unpaired) electrons. The Morgan fingerprint density at radius 1 is 1.15 bits per heavy atom. The average molecular weight is 411 g/mol. The predicted octanol–water partition coefficient (Wildman–Crippen LogP) is 3.68. The number of ether oxygens (including phenoxy) is 1. The summed E-state index contributed by atoms with van der Waals surface area (Å²) in [6, 6.07) is 8.59. The normalized spacial score (nSPS) is 11.2. The van der Waals surface area contributed by atoms with Gasteiger partial charge in [-0.25, -0.2) is 8.42 Å². The van der Waals surface area contributed by atoms with Gasteiger partial charge in [-0.3, -0.25) is 9.10 Å². The van der Waals surface area contributed by atoms with Gasteiger partial charge in [-0.05, 0) is 50.1 Å². The molecule has 0 atom stereocenters. The van der Waals surface area contributed by atoms with E-state index in [1.165, 1.54) is 7.11 Å². The first kappa shape index (κ1) is 21.1. The molecular formula is C19H23ClN2O4S. The van der Waals surface area contributed by atoms with Gasteiger partial charge in [0, 0.05) is 5.69 Å². The summed E-state index contributed by atoms with van der Waals surface area (Å²) in [4.78, 5) is 12.5. The van der Waals surface area contributed by atoms with Crippen LogP contribution in [0.5, 0.6) is 5.75 Å². The van der Waals surface area contributed by atoms with Gasteiger partial charge in [-0.15, -0.1) is 0 Å². The summed E-state index contributed by atoms with van der Waals surface area (Å²) in [5.74, 6) is 0.0133. The van der Waals surface area contributed by atoms with E-state index in [1.54, 1.807) is 18.2 Å². The van der Waals surface area contributed by atoms with Gasteiger partial charge in [0.1, 0.15) is 12.3 Å². The second-order valence-electron chi connectivity index (χ2n) is 6.41. The van der Waals surface area contributed by atoms with E-state index >= 15 is 0 Å². The molecule has 0 saturated heterocycles. The SMILES string of the molecule is COc1ccc(NC(=O)CN(c2c(C)cc(C)cc2C)S(C)(=O)=O)cc1Cl. The number of hydrogen-bond acceptors (Lipinski definition) is 4. The minimum Gasteiger partial charge on any atom is -0.495 e. The fraction of sp³-hybridized carbons (Fsp3) is 0.316. The molecule has 8 heteroatoms. The summed E-state index contributed by atoms with van der Waals surface area (Å²) >= 11 is 6.06. The molecule has 0 spiro atoms. The number of nitrogens with zero attached hydrogens (tertiary/aromatic N) is 1. The molecule has 0 saturated carbocycles. The largest absolute Gasteiger partial charge is 0.495 e. The van der Waals surface area contributed by atoms with Crippen LogP contribution in [0.3, 0.4) is 0 Å². The summed E-state index contributed by atoms with van der Waals surface area (Å²) in [7, 11) is -2.16. The van der Waals surface area contributed by atoms with Crippen molar-refractivity contribution in [2.45, 2.75) is 20.8 Å². The lowest BCUT2D eigenvalue weighted by Crippen LogP contribution is -2.38. The maximum Gasteiger partial charge on any atom is 0.245 e. The second-order valence-corrected chi connectivity index (χ2v) is 8.73. The summed E-state index contributed by atoms with van der Waals surface area (Å²) in [6.45, 7) is 5.26. The molecule has 146 valence electrons. The first-order valence-corrected chi connectivity index (χ1v) is 10.4. The van der Waals surface area contributed by atoms with Gasteiger partial charge in [0.2, 0.25) is 15.9 Å². The molecule has 0 aliphatic heterocycles. The van der Waals surface area contributed by atoms with Crippen LogP contribution >= 0.6 is 11.6 Å². The van der Waals surface area contributed by atoms with Crippen molar-refractivity contribution in [1.29, 1.82) is 0 Å². The van der Waals surface area contributed by atoms with Crippen molar-refractivity contribution >= 4 is 38.9 Å². The molecule has 0 heterocycles. The first-order chi connectivity index (χ1) is 12.5. The highest BCUT2D eigenvalue weighted by molar-refractivity contribution is 7.92. The van der Waals surface area contributed by atoms with E-state index < -0.39 is 15.9 Å². The molecule has 1 amide bonds. The van der Waals surface area contributed by atoms with Crippen molar-refractivity contribution in [3.8, 4) is 5.75 Å². The van der Waals surface area contributed by atoms with Crippen LogP contribution in [-0.4, -0.2) is 34.2 Å². The number of rotatable bonds is 6. The Hall–Kier alpha value is -2.25. The third-order valence-corrected chi connectivity index (χ3v) is 5.42. The predicted molar refractivity (Wildman–Crippen MR) is 109 cm³/mol. The van der Waals surface area contributed by atoms with Gasteiger partial charge < -0.3 is 10.1 Å². The lowest BCUT2D eigenvalue weighted by Gasteiger charge is -2.26. The monoisotopic (exact) mass is 410 g/mol. The van der Waals surface area contributed by atoms with E-state index in [4.69, 9.17) is 16.3 Å². The van der Waals surface area contributed by atoms with Gasteiger partial charge in [-0.1, -0.05) is 29.3 Å². The molecule has 2 aromatic carbocycles. The molecule has 27 heavy (non-hydrogen) atoms. The molecule has 6 nitrogen and oxygen atoms in total. The number of hydrogen-bond donors (Lipinski definition) is 1. The molecular weight excluding hydrogens is 388 g/mol. The zero-order chi connectivity index (χ0) is 20.4. The number of nitrogens with one attached hydrogen (secondary N) is 1. The highest BCUT2D eigenvalue weighted by atomic mass is 35.5. The molecule has 2 rings (SSSR count). The van der Waals surface area contributed by atoms with E-state index in [1.807, 2.05) is 32.9 Å². The maximum atomic E-state index is 12.5. The van der Waals surface area contributed by atoms with E-state index in [2.05, 4.69) is 5.32 Å². The van der Waals surface area contributed by atoms with E-state index in [-0.39, 0.29) is 6.54 Å². The van der Waals surface area contributed by atoms with Crippen molar-refractivity contribution in [2.24, 2.45) is 0 Å². The minimum atomic E-state index is -3.66. The van der Waals surface area contributed by atoms with Crippen LogP contribution in [0.15, 0.2) is 30.3 Å². The second kappa shape index (κ2) is 8.19. The van der Waals surface area contributed by atoms with E-state index in [0.717, 1.165) is 27.3 Å². The Morgan fingerprint density at radius 3 is 2.22 bits per heavy atom. The molecule has 0 aliphatic carbocycles. The summed E-state index contributed by atoms with van der Waals surface area (Å²) in [5, 5.41) is 3.02. The van der Waals surface area contributed by atoms with Gasteiger partial charge >= 0.3 is 0 Å². The number of methoxy groups -OCH3 is 1. The van der Waals surface area contributed by atoms with E-state index in [9.17, 15) is 13.2 Å². The maximum absolute atomic E-state index is 12.5. The van der Waals surface area contributed by atoms with Crippen LogP contribution in [0.1, 0.15) is 16.7 Å². The van der Waals surface area contributed by atoms with Crippen molar-refractivity contribution in [3.05, 3.63) is 52.0 Å². The molecule has 0 unspecified atom stereocenters. The van der Waals surface area contributed by atoms with Crippen molar-refractivity contribution in [3.63, 3.8) is 0 Å². The van der Waals surface area contributed by atoms with Gasteiger partial charge in [0.15, 0.2) is 0 Å². The van der Waals surface area contributed by atoms with Crippen LogP contribution in [0.2, 0.25) is 5.02 Å². The number of anilines is 2. The fourth-order valence-corrected chi connectivity index (χ4v) is 4.23. The molecule has 1 N–H and O–H groups in total. The molecule has 0 fully saturated rings. The lowest BCUT2D eigenvalue weighted by molar-refractivity contribution is -0.114. The third kappa shape index (κ3) is 5.14. The molecule has 2 aromatic rings. The number of carbonyl (C=O) groups is 1. The Bertz CT molecular complexity index is 951. The minimum absolute atomic E-state index is 0.340.